The van der Waals surface area contributed by atoms with Crippen LogP contribution in [0, 0.1) is 11.3 Å². The fraction of sp³-hybridized carbons (Fsp3) is 0.350. The lowest BCUT2D eigenvalue weighted by molar-refractivity contribution is 0.0937. The molecule has 0 radical (unpaired) electrons. The fourth-order valence-electron chi connectivity index (χ4n) is 3.43. The van der Waals surface area contributed by atoms with Crippen LogP contribution in [0.4, 0.5) is 5.82 Å². The lowest BCUT2D eigenvalue weighted by Gasteiger charge is -2.17. The van der Waals surface area contributed by atoms with Crippen LogP contribution in [-0.2, 0) is 0 Å². The first-order chi connectivity index (χ1) is 13.5. The Morgan fingerprint density at radius 2 is 2.14 bits per heavy atom. The van der Waals surface area contributed by atoms with E-state index in [1.165, 1.54) is 5.56 Å². The summed E-state index contributed by atoms with van der Waals surface area (Å²) in [5.74, 6) is 0.959. The zero-order valence-electron chi connectivity index (χ0n) is 15.8. The van der Waals surface area contributed by atoms with E-state index in [1.54, 1.807) is 18.5 Å². The van der Waals surface area contributed by atoms with Gasteiger partial charge in [-0.15, -0.1) is 10.2 Å². The largest absolute Gasteiger partial charge is 0.353 e. The molecule has 3 aromatic heterocycles. The molecule has 0 aliphatic carbocycles. The third-order valence-electron chi connectivity index (χ3n) is 5.05. The van der Waals surface area contributed by atoms with Crippen molar-refractivity contribution in [2.45, 2.75) is 32.2 Å². The van der Waals surface area contributed by atoms with Crippen molar-refractivity contribution in [2.75, 3.05) is 18.0 Å². The van der Waals surface area contributed by atoms with Gasteiger partial charge in [-0.25, -0.2) is 4.98 Å². The first-order valence-electron chi connectivity index (χ1n) is 9.31. The second-order valence-corrected chi connectivity index (χ2v) is 7.30. The van der Waals surface area contributed by atoms with E-state index in [1.807, 2.05) is 28.8 Å². The molecule has 1 aliphatic heterocycles. The highest BCUT2D eigenvalue weighted by Gasteiger charge is 2.26. The van der Waals surface area contributed by atoms with Crippen molar-refractivity contribution in [3.05, 3.63) is 53.7 Å². The zero-order valence-corrected chi connectivity index (χ0v) is 15.8. The van der Waals surface area contributed by atoms with Crippen molar-refractivity contribution >= 4 is 17.2 Å². The summed E-state index contributed by atoms with van der Waals surface area (Å²) in [6.07, 6.45) is 4.52. The predicted octanol–water partition coefficient (Wildman–Crippen LogP) is 2.13. The summed E-state index contributed by atoms with van der Waals surface area (Å²) < 4.78 is 1.90. The molecule has 142 valence electrons. The summed E-state index contributed by atoms with van der Waals surface area (Å²) in [7, 11) is 0. The Hall–Kier alpha value is -3.47. The van der Waals surface area contributed by atoms with Gasteiger partial charge < -0.3 is 14.6 Å². The molecule has 1 aliphatic rings. The molecule has 1 N–H and O–H groups in total. The van der Waals surface area contributed by atoms with E-state index in [9.17, 15) is 4.79 Å². The maximum Gasteiger partial charge on any atom is 0.272 e. The number of pyridine rings is 1. The SMILES string of the molecule is CC(C)c1ccc2c(C(=O)NC3CCN(c4ccc(C#N)nn4)C3)ncn2c1. The normalized spacial score (nSPS) is 16.5. The van der Waals surface area contributed by atoms with Crippen LogP contribution in [0.1, 0.15) is 47.9 Å². The van der Waals surface area contributed by atoms with Crippen molar-refractivity contribution in [1.82, 2.24) is 24.9 Å². The number of aromatic nitrogens is 4. The van der Waals surface area contributed by atoms with Crippen LogP contribution in [0.15, 0.2) is 36.8 Å². The lowest BCUT2D eigenvalue weighted by Crippen LogP contribution is -2.37. The number of hydrogen-bond donors (Lipinski definition) is 1. The van der Waals surface area contributed by atoms with Gasteiger partial charge in [0.05, 0.1) is 5.52 Å². The highest BCUT2D eigenvalue weighted by Crippen LogP contribution is 2.20. The van der Waals surface area contributed by atoms with Gasteiger partial charge in [-0.3, -0.25) is 4.79 Å². The number of rotatable bonds is 4. The van der Waals surface area contributed by atoms with Gasteiger partial charge in [0.2, 0.25) is 0 Å². The number of carbonyl (C=O) groups excluding carboxylic acids is 1. The highest BCUT2D eigenvalue weighted by molar-refractivity contribution is 5.99. The van der Waals surface area contributed by atoms with Gasteiger partial charge in [-0.05, 0) is 36.1 Å². The summed E-state index contributed by atoms with van der Waals surface area (Å²) >= 11 is 0. The molecule has 4 heterocycles. The van der Waals surface area contributed by atoms with Gasteiger partial charge in [-0.1, -0.05) is 19.9 Å². The predicted molar refractivity (Wildman–Crippen MR) is 104 cm³/mol. The number of nitrogens with zero attached hydrogens (tertiary/aromatic N) is 6. The fourth-order valence-corrected chi connectivity index (χ4v) is 3.43. The molecule has 0 saturated carbocycles. The van der Waals surface area contributed by atoms with E-state index < -0.39 is 0 Å². The number of amides is 1. The Morgan fingerprint density at radius 3 is 2.86 bits per heavy atom. The molecular weight excluding hydrogens is 354 g/mol. The van der Waals surface area contributed by atoms with Gasteiger partial charge in [0, 0.05) is 25.3 Å². The third kappa shape index (κ3) is 3.39. The Morgan fingerprint density at radius 1 is 1.29 bits per heavy atom. The topological polar surface area (TPSA) is 99.2 Å². The average Bonchev–Trinajstić information content (AvgIpc) is 3.34. The quantitative estimate of drug-likeness (QED) is 0.750. The Bertz CT molecular complexity index is 1050. The molecule has 8 heteroatoms. The summed E-state index contributed by atoms with van der Waals surface area (Å²) in [6.45, 7) is 5.69. The van der Waals surface area contributed by atoms with Gasteiger partial charge in [0.15, 0.2) is 17.2 Å². The highest BCUT2D eigenvalue weighted by atomic mass is 16.2. The minimum atomic E-state index is -0.169. The van der Waals surface area contributed by atoms with Crippen molar-refractivity contribution in [2.24, 2.45) is 0 Å². The van der Waals surface area contributed by atoms with Gasteiger partial charge in [0.25, 0.3) is 5.91 Å². The van der Waals surface area contributed by atoms with Crippen molar-refractivity contribution in [1.29, 1.82) is 5.26 Å². The zero-order chi connectivity index (χ0) is 19.7. The molecule has 1 atom stereocenters. The second kappa shape index (κ2) is 7.27. The number of fused-ring (bicyclic) bond motifs is 1. The van der Waals surface area contributed by atoms with Crippen LogP contribution >= 0.6 is 0 Å². The van der Waals surface area contributed by atoms with Crippen molar-refractivity contribution in [3.8, 4) is 6.07 Å². The summed E-state index contributed by atoms with van der Waals surface area (Å²) in [6, 6.07) is 9.39. The molecule has 4 rings (SSSR count). The van der Waals surface area contributed by atoms with Gasteiger partial charge >= 0.3 is 0 Å². The third-order valence-corrected chi connectivity index (χ3v) is 5.05. The van der Waals surface area contributed by atoms with E-state index in [0.717, 1.165) is 18.5 Å². The van der Waals surface area contributed by atoms with Crippen LogP contribution in [-0.4, -0.2) is 44.6 Å². The number of anilines is 1. The minimum Gasteiger partial charge on any atom is -0.353 e. The molecular formula is C20H21N7O. The molecule has 0 spiro atoms. The Balaban J connectivity index is 1.44. The smallest absolute Gasteiger partial charge is 0.272 e. The molecule has 28 heavy (non-hydrogen) atoms. The van der Waals surface area contributed by atoms with Crippen LogP contribution in [0.2, 0.25) is 0 Å². The molecule has 3 aromatic rings. The lowest BCUT2D eigenvalue weighted by atomic mass is 10.1. The number of imidazole rings is 1. The molecule has 1 saturated heterocycles. The second-order valence-electron chi connectivity index (χ2n) is 7.30. The molecule has 0 bridgehead atoms. The van der Waals surface area contributed by atoms with E-state index in [0.29, 0.717) is 29.7 Å². The summed E-state index contributed by atoms with van der Waals surface area (Å²) in [5.41, 5.74) is 2.73. The van der Waals surface area contributed by atoms with Crippen LogP contribution < -0.4 is 10.2 Å². The average molecular weight is 375 g/mol. The van der Waals surface area contributed by atoms with Crippen LogP contribution in [0.3, 0.4) is 0 Å². The summed E-state index contributed by atoms with van der Waals surface area (Å²) in [4.78, 5) is 19.1. The number of nitriles is 1. The first kappa shape index (κ1) is 17.9. The monoisotopic (exact) mass is 375 g/mol. The Labute approximate surface area is 162 Å². The molecule has 1 fully saturated rings. The number of nitrogens with one attached hydrogen (secondary N) is 1. The maximum absolute atomic E-state index is 12.8. The first-order valence-corrected chi connectivity index (χ1v) is 9.31. The number of hydrogen-bond acceptors (Lipinski definition) is 6. The van der Waals surface area contributed by atoms with Crippen LogP contribution in [0.25, 0.3) is 5.52 Å². The van der Waals surface area contributed by atoms with E-state index in [-0.39, 0.29) is 11.9 Å². The van der Waals surface area contributed by atoms with E-state index >= 15 is 0 Å². The van der Waals surface area contributed by atoms with Crippen LogP contribution in [0.5, 0.6) is 0 Å². The Kier molecular flexibility index (Phi) is 4.65. The van der Waals surface area contributed by atoms with Crippen molar-refractivity contribution in [3.63, 3.8) is 0 Å². The van der Waals surface area contributed by atoms with Gasteiger partial charge in [-0.2, -0.15) is 5.26 Å². The molecule has 1 amide bonds. The van der Waals surface area contributed by atoms with Gasteiger partial charge in [0.1, 0.15) is 12.4 Å². The standard InChI is InChI=1S/C20H21N7O/c1-13(2)14-3-5-17-19(22-12-27(17)10-14)20(28)23-16-7-8-26(11-16)18-6-4-15(9-21)24-25-18/h3-6,10,12-13,16H,7-8,11H2,1-2H3,(H,23,28). The van der Waals surface area contributed by atoms with E-state index in [4.69, 9.17) is 5.26 Å². The van der Waals surface area contributed by atoms with E-state index in [2.05, 4.69) is 39.2 Å². The molecule has 8 nitrogen and oxygen atoms in total. The maximum atomic E-state index is 12.8. The molecule has 1 unspecified atom stereocenters. The summed E-state index contributed by atoms with van der Waals surface area (Å²) in [5, 5.41) is 19.9. The molecule has 0 aromatic carbocycles. The minimum absolute atomic E-state index is 0.0108. The van der Waals surface area contributed by atoms with Crippen molar-refractivity contribution < 1.29 is 4.79 Å². The number of carbonyl (C=O) groups is 1.